The van der Waals surface area contributed by atoms with Crippen LogP contribution in [0.15, 0.2) is 62.7 Å². The van der Waals surface area contributed by atoms with Gasteiger partial charge in [-0.3, -0.25) is 14.4 Å². The van der Waals surface area contributed by atoms with E-state index in [0.717, 1.165) is 43.2 Å². The van der Waals surface area contributed by atoms with Crippen LogP contribution in [0.2, 0.25) is 0 Å². The Morgan fingerprint density at radius 2 is 1.77 bits per heavy atom. The molecule has 1 amide bonds. The van der Waals surface area contributed by atoms with Crippen molar-refractivity contribution in [1.82, 2.24) is 14.2 Å². The summed E-state index contributed by atoms with van der Waals surface area (Å²) in [6.45, 7) is 4.05. The lowest BCUT2D eigenvalue weighted by Crippen LogP contribution is -2.35. The van der Waals surface area contributed by atoms with Crippen molar-refractivity contribution in [2.24, 2.45) is 5.73 Å². The van der Waals surface area contributed by atoms with Crippen molar-refractivity contribution in [3.05, 3.63) is 80.5 Å². The van der Waals surface area contributed by atoms with Crippen LogP contribution in [0.25, 0.3) is 49.1 Å². The smallest absolute Gasteiger partial charge is 0.259 e. The number of carbonyl (C=O) groups is 1. The Bertz CT molecular complexity index is 2220. The van der Waals surface area contributed by atoms with Crippen molar-refractivity contribution in [3.63, 3.8) is 0 Å². The zero-order chi connectivity index (χ0) is 29.4. The molecule has 2 saturated heterocycles. The molecule has 4 aromatic carbocycles. The van der Waals surface area contributed by atoms with Crippen LogP contribution in [0.1, 0.15) is 29.6 Å². The van der Waals surface area contributed by atoms with E-state index < -0.39 is 17.2 Å². The van der Waals surface area contributed by atoms with Gasteiger partial charge >= 0.3 is 0 Å². The number of benzene rings is 3. The number of nitrogens with zero attached hydrogens (tertiary/aromatic N) is 3. The van der Waals surface area contributed by atoms with Gasteiger partial charge < -0.3 is 29.7 Å². The summed E-state index contributed by atoms with van der Waals surface area (Å²) in [5.41, 5.74) is 6.89. The molecule has 3 N–H and O–H groups in total. The van der Waals surface area contributed by atoms with Gasteiger partial charge in [-0.05, 0) is 61.3 Å². The maximum Gasteiger partial charge on any atom is 0.259 e. The highest BCUT2D eigenvalue weighted by Crippen LogP contribution is 2.36. The van der Waals surface area contributed by atoms with Gasteiger partial charge in [-0.2, -0.15) is 0 Å². The molecule has 2 aromatic heterocycles. The molecule has 2 fully saturated rings. The molecule has 6 aromatic rings. The molecule has 0 unspecified atom stereocenters. The van der Waals surface area contributed by atoms with E-state index in [1.807, 2.05) is 24.3 Å². The molecule has 2 aliphatic rings. The number of aromatic nitrogens is 1. The number of rotatable bonds is 5. The van der Waals surface area contributed by atoms with Crippen LogP contribution in [0, 0.1) is 5.82 Å². The minimum atomic E-state index is -0.645. The minimum absolute atomic E-state index is 0.0505. The second-order valence-electron chi connectivity index (χ2n) is 11.8. The van der Waals surface area contributed by atoms with Gasteiger partial charge in [0.25, 0.3) is 5.91 Å². The number of hydrogen-bond acceptors (Lipinski definition) is 7. The van der Waals surface area contributed by atoms with Crippen LogP contribution in [-0.4, -0.2) is 65.4 Å². The van der Waals surface area contributed by atoms with Gasteiger partial charge in [0.15, 0.2) is 22.4 Å². The summed E-state index contributed by atoms with van der Waals surface area (Å²) >= 11 is 0. The third-order valence-corrected chi connectivity index (χ3v) is 9.14. The number of nitrogens with two attached hydrogens (primary N) is 1. The molecule has 1 atom stereocenters. The molecule has 0 saturated carbocycles. The van der Waals surface area contributed by atoms with E-state index in [-0.39, 0.29) is 33.7 Å². The van der Waals surface area contributed by atoms with Crippen molar-refractivity contribution in [2.75, 3.05) is 44.6 Å². The molecule has 2 aliphatic heterocycles. The van der Waals surface area contributed by atoms with E-state index in [0.29, 0.717) is 53.4 Å². The first-order valence-electron chi connectivity index (χ1n) is 14.8. The third kappa shape index (κ3) is 4.00. The molecule has 43 heavy (non-hydrogen) atoms. The summed E-state index contributed by atoms with van der Waals surface area (Å²) in [5.74, 6) is -1.08. The fraction of sp³-hybridized carbons (Fsp3) is 0.303. The van der Waals surface area contributed by atoms with Crippen LogP contribution in [-0.2, 0) is 0 Å². The van der Waals surface area contributed by atoms with Gasteiger partial charge in [0, 0.05) is 49.2 Å². The Morgan fingerprint density at radius 1 is 0.977 bits per heavy atom. The highest BCUT2D eigenvalue weighted by Gasteiger charge is 2.29. The highest BCUT2D eigenvalue weighted by molar-refractivity contribution is 6.15. The topological polar surface area (TPSA) is 113 Å². The van der Waals surface area contributed by atoms with Gasteiger partial charge in [-0.1, -0.05) is 24.3 Å². The largest absolute Gasteiger partial charge is 0.451 e. The molecular weight excluding hydrogens is 549 g/mol. The van der Waals surface area contributed by atoms with Crippen LogP contribution < -0.4 is 21.9 Å². The Labute approximate surface area is 244 Å². The number of likely N-dealkylation sites (tertiary alicyclic amines) is 2. The second kappa shape index (κ2) is 9.75. The molecule has 9 nitrogen and oxygen atoms in total. The lowest BCUT2D eigenvalue weighted by atomic mass is 10.1. The van der Waals surface area contributed by atoms with Gasteiger partial charge in [0.1, 0.15) is 16.8 Å². The predicted octanol–water partition coefficient (Wildman–Crippen LogP) is 4.12. The van der Waals surface area contributed by atoms with Crippen molar-refractivity contribution < 1.29 is 13.6 Å². The minimum Gasteiger partial charge on any atom is -0.451 e. The number of carbonyl (C=O) groups excluding carboxylic acids is 1. The first kappa shape index (κ1) is 26.1. The highest BCUT2D eigenvalue weighted by atomic mass is 19.1. The fourth-order valence-electron chi connectivity index (χ4n) is 6.94. The Kier molecular flexibility index (Phi) is 5.92. The molecule has 8 rings (SSSR count). The average molecular weight is 580 g/mol. The normalized spacial score (nSPS) is 17.9. The van der Waals surface area contributed by atoms with Crippen molar-refractivity contribution in [3.8, 4) is 0 Å². The maximum absolute atomic E-state index is 15.9. The SMILES string of the molecule is N[C@H]1CCN(C(=O)c2cn3c4cc5c(cc4oc4c(NCCN6CCCC6)c(F)cc(c2=O)c43)c(=O)c2ccccc25)C1. The van der Waals surface area contributed by atoms with E-state index in [4.69, 9.17) is 10.2 Å². The summed E-state index contributed by atoms with van der Waals surface area (Å²) in [7, 11) is 0. The molecule has 0 bridgehead atoms. The van der Waals surface area contributed by atoms with E-state index in [2.05, 4.69) is 10.2 Å². The van der Waals surface area contributed by atoms with E-state index in [9.17, 15) is 14.4 Å². The monoisotopic (exact) mass is 579 g/mol. The van der Waals surface area contributed by atoms with Gasteiger partial charge in [0.2, 0.25) is 5.43 Å². The number of amides is 1. The average Bonchev–Trinajstić information content (AvgIpc) is 3.75. The first-order valence-corrected chi connectivity index (χ1v) is 14.8. The van der Waals surface area contributed by atoms with Gasteiger partial charge in [-0.15, -0.1) is 0 Å². The van der Waals surface area contributed by atoms with Crippen LogP contribution in [0.5, 0.6) is 0 Å². The second-order valence-corrected chi connectivity index (χ2v) is 11.8. The van der Waals surface area contributed by atoms with Crippen LogP contribution >= 0.6 is 0 Å². The molecule has 0 aliphatic carbocycles. The zero-order valence-electron chi connectivity index (χ0n) is 23.5. The first-order chi connectivity index (χ1) is 20.9. The van der Waals surface area contributed by atoms with Crippen molar-refractivity contribution >= 4 is 60.7 Å². The standard InChI is InChI=1S/C33H30FN5O4/c34-25-13-23-29-32(28(25)36-8-12-37-9-3-4-10-37)43-27-15-22-21(19-5-1-2-6-20(19)30(22)40)14-26(27)39(29)17-24(31(23)41)33(42)38-11-7-18(35)16-38/h1-2,5-6,13-15,17-18,36H,3-4,7-12,16,35H2/t18-/m0/s1. The number of hydrogen-bond donors (Lipinski definition) is 2. The summed E-state index contributed by atoms with van der Waals surface area (Å²) in [6, 6.07) is 12.0. The Hall–Kier alpha value is -4.54. The summed E-state index contributed by atoms with van der Waals surface area (Å²) in [6.07, 6.45) is 4.48. The molecular formula is C33H30FN5O4. The fourth-order valence-corrected chi connectivity index (χ4v) is 6.94. The van der Waals surface area contributed by atoms with Crippen LogP contribution in [0.3, 0.4) is 0 Å². The summed E-state index contributed by atoms with van der Waals surface area (Å²) in [4.78, 5) is 44.7. The van der Waals surface area contributed by atoms with Gasteiger partial charge in [0.05, 0.1) is 10.9 Å². The predicted molar refractivity (Wildman–Crippen MR) is 166 cm³/mol. The summed E-state index contributed by atoms with van der Waals surface area (Å²) in [5, 5.41) is 5.89. The molecule has 0 radical (unpaired) electrons. The zero-order valence-corrected chi connectivity index (χ0v) is 23.5. The summed E-state index contributed by atoms with van der Waals surface area (Å²) < 4.78 is 24.0. The van der Waals surface area contributed by atoms with Gasteiger partial charge in [-0.25, -0.2) is 4.39 Å². The van der Waals surface area contributed by atoms with E-state index >= 15 is 4.39 Å². The molecule has 218 valence electrons. The lowest BCUT2D eigenvalue weighted by molar-refractivity contribution is 0.0789. The van der Waals surface area contributed by atoms with E-state index in [1.165, 1.54) is 12.3 Å². The third-order valence-electron chi connectivity index (χ3n) is 9.14. The molecule has 10 heteroatoms. The van der Waals surface area contributed by atoms with Crippen molar-refractivity contribution in [2.45, 2.75) is 25.3 Å². The Balaban J connectivity index is 1.41. The van der Waals surface area contributed by atoms with E-state index in [1.54, 1.807) is 21.4 Å². The molecule has 0 spiro atoms. The molecule has 4 heterocycles. The Morgan fingerprint density at radius 3 is 2.53 bits per heavy atom. The quantitative estimate of drug-likeness (QED) is 0.233. The number of halogens is 1. The number of nitrogens with one attached hydrogen (secondary N) is 1. The lowest BCUT2D eigenvalue weighted by Gasteiger charge is -2.20. The number of pyridine rings is 1. The van der Waals surface area contributed by atoms with Crippen molar-refractivity contribution in [1.29, 1.82) is 0 Å². The number of anilines is 1. The maximum atomic E-state index is 15.9. The number of fused-ring (bicyclic) bond motifs is 5. The van der Waals surface area contributed by atoms with Crippen LogP contribution in [0.4, 0.5) is 10.1 Å².